The number of anilines is 1. The van der Waals surface area contributed by atoms with E-state index < -0.39 is 0 Å². The van der Waals surface area contributed by atoms with E-state index in [1.807, 2.05) is 24.3 Å². The molecule has 2 aromatic heterocycles. The molecule has 1 aliphatic rings. The van der Waals surface area contributed by atoms with Crippen LogP contribution in [0.4, 0.5) is 5.69 Å². The SMILES string of the molecule is O=c1c2ccc(N3CCN(Cc4ccno4)CC3)cc2ncn1CCO. The second-order valence-corrected chi connectivity index (χ2v) is 6.41. The van der Waals surface area contributed by atoms with Crippen LogP contribution in [-0.2, 0) is 13.1 Å². The second kappa shape index (κ2) is 7.27. The Hall–Kier alpha value is -2.71. The van der Waals surface area contributed by atoms with Crippen molar-refractivity contribution >= 4 is 16.6 Å². The molecule has 4 rings (SSSR count). The van der Waals surface area contributed by atoms with Gasteiger partial charge in [0.2, 0.25) is 0 Å². The minimum absolute atomic E-state index is 0.0798. The second-order valence-electron chi connectivity index (χ2n) is 6.41. The normalized spacial score (nSPS) is 15.7. The summed E-state index contributed by atoms with van der Waals surface area (Å²) in [5.74, 6) is 0.882. The Kier molecular flexibility index (Phi) is 4.68. The molecule has 136 valence electrons. The molecule has 8 nitrogen and oxygen atoms in total. The van der Waals surface area contributed by atoms with Gasteiger partial charge < -0.3 is 14.5 Å². The number of nitrogens with zero attached hydrogens (tertiary/aromatic N) is 5. The standard InChI is InChI=1S/C18H21N5O3/c24-10-9-23-13-19-17-11-14(1-2-16(17)18(23)25)22-7-5-21(6-8-22)12-15-3-4-20-26-15/h1-4,11,13,24H,5-10,12H2. The van der Waals surface area contributed by atoms with Crippen LogP contribution in [-0.4, -0.2) is 57.5 Å². The van der Waals surface area contributed by atoms with Crippen LogP contribution in [0.3, 0.4) is 0 Å². The van der Waals surface area contributed by atoms with Crippen molar-refractivity contribution in [3.8, 4) is 0 Å². The van der Waals surface area contributed by atoms with E-state index in [4.69, 9.17) is 9.63 Å². The Labute approximate surface area is 150 Å². The van der Waals surface area contributed by atoms with Gasteiger partial charge in [0.25, 0.3) is 5.56 Å². The number of aliphatic hydroxyl groups excluding tert-OH is 1. The number of hydrogen-bond donors (Lipinski definition) is 1. The molecule has 1 N–H and O–H groups in total. The highest BCUT2D eigenvalue weighted by Crippen LogP contribution is 2.21. The van der Waals surface area contributed by atoms with Gasteiger partial charge in [-0.3, -0.25) is 14.3 Å². The lowest BCUT2D eigenvalue weighted by atomic mass is 10.2. The summed E-state index contributed by atoms with van der Waals surface area (Å²) in [5.41, 5.74) is 1.64. The number of rotatable bonds is 5. The Morgan fingerprint density at radius 1 is 1.15 bits per heavy atom. The van der Waals surface area contributed by atoms with Crippen molar-refractivity contribution in [2.45, 2.75) is 13.1 Å². The van der Waals surface area contributed by atoms with Crippen LogP contribution in [0.25, 0.3) is 10.9 Å². The van der Waals surface area contributed by atoms with Crippen LogP contribution in [0.15, 0.2) is 46.1 Å². The van der Waals surface area contributed by atoms with Crippen molar-refractivity contribution in [3.05, 3.63) is 52.9 Å². The molecule has 0 atom stereocenters. The maximum atomic E-state index is 12.4. The molecule has 0 saturated carbocycles. The fraction of sp³-hybridized carbons (Fsp3) is 0.389. The number of fused-ring (bicyclic) bond motifs is 1. The average molecular weight is 355 g/mol. The Balaban J connectivity index is 1.47. The van der Waals surface area contributed by atoms with Crippen molar-refractivity contribution in [2.75, 3.05) is 37.7 Å². The highest BCUT2D eigenvalue weighted by atomic mass is 16.5. The van der Waals surface area contributed by atoms with E-state index in [0.717, 1.165) is 44.2 Å². The van der Waals surface area contributed by atoms with Crippen molar-refractivity contribution < 1.29 is 9.63 Å². The molecule has 3 aromatic rings. The first-order chi connectivity index (χ1) is 12.7. The smallest absolute Gasteiger partial charge is 0.261 e. The molecule has 0 unspecified atom stereocenters. The zero-order chi connectivity index (χ0) is 17.9. The Bertz CT molecular complexity index is 930. The molecule has 1 fully saturated rings. The zero-order valence-corrected chi connectivity index (χ0v) is 14.4. The van der Waals surface area contributed by atoms with E-state index in [0.29, 0.717) is 10.9 Å². The largest absolute Gasteiger partial charge is 0.395 e. The average Bonchev–Trinajstić information content (AvgIpc) is 3.18. The topological polar surface area (TPSA) is 87.6 Å². The molecule has 0 amide bonds. The lowest BCUT2D eigenvalue weighted by Gasteiger charge is -2.35. The highest BCUT2D eigenvalue weighted by Gasteiger charge is 2.19. The molecular weight excluding hydrogens is 334 g/mol. The first-order valence-corrected chi connectivity index (χ1v) is 8.71. The van der Waals surface area contributed by atoms with Crippen LogP contribution >= 0.6 is 0 Å². The summed E-state index contributed by atoms with van der Waals surface area (Å²) in [4.78, 5) is 21.4. The summed E-state index contributed by atoms with van der Waals surface area (Å²) < 4.78 is 6.61. The maximum Gasteiger partial charge on any atom is 0.261 e. The molecule has 1 aromatic carbocycles. The fourth-order valence-electron chi connectivity index (χ4n) is 3.32. The van der Waals surface area contributed by atoms with Gasteiger partial charge >= 0.3 is 0 Å². The molecule has 0 radical (unpaired) electrons. The summed E-state index contributed by atoms with van der Waals surface area (Å²) in [5, 5.41) is 13.3. The van der Waals surface area contributed by atoms with Gasteiger partial charge in [0.15, 0.2) is 5.76 Å². The number of aliphatic hydroxyl groups is 1. The molecule has 8 heteroatoms. The van der Waals surface area contributed by atoms with Gasteiger partial charge in [-0.15, -0.1) is 0 Å². The van der Waals surface area contributed by atoms with E-state index >= 15 is 0 Å². The summed E-state index contributed by atoms with van der Waals surface area (Å²) in [6, 6.07) is 7.66. The van der Waals surface area contributed by atoms with Crippen LogP contribution in [0.2, 0.25) is 0 Å². The number of hydrogen-bond acceptors (Lipinski definition) is 7. The molecule has 1 aliphatic heterocycles. The monoisotopic (exact) mass is 355 g/mol. The van der Waals surface area contributed by atoms with Crippen LogP contribution < -0.4 is 10.5 Å². The third-order valence-corrected chi connectivity index (χ3v) is 4.76. The third-order valence-electron chi connectivity index (χ3n) is 4.76. The minimum Gasteiger partial charge on any atom is -0.395 e. The number of piperazine rings is 1. The van der Waals surface area contributed by atoms with Gasteiger partial charge in [0.05, 0.1) is 43.1 Å². The van der Waals surface area contributed by atoms with Gasteiger partial charge in [0.1, 0.15) is 0 Å². The molecule has 3 heterocycles. The van der Waals surface area contributed by atoms with Crippen molar-refractivity contribution in [1.29, 1.82) is 0 Å². The minimum atomic E-state index is -0.118. The lowest BCUT2D eigenvalue weighted by molar-refractivity contribution is 0.220. The van der Waals surface area contributed by atoms with Gasteiger partial charge in [-0.1, -0.05) is 5.16 Å². The Morgan fingerprint density at radius 3 is 2.73 bits per heavy atom. The Morgan fingerprint density at radius 2 is 2.00 bits per heavy atom. The summed E-state index contributed by atoms with van der Waals surface area (Å²) in [6.07, 6.45) is 3.17. The van der Waals surface area contributed by atoms with Gasteiger partial charge in [-0.05, 0) is 18.2 Å². The number of aromatic nitrogens is 3. The van der Waals surface area contributed by atoms with Crippen molar-refractivity contribution in [2.24, 2.45) is 0 Å². The van der Waals surface area contributed by atoms with Crippen LogP contribution in [0, 0.1) is 0 Å². The maximum absolute atomic E-state index is 12.4. The predicted octanol–water partition coefficient (Wildman–Crippen LogP) is 0.699. The van der Waals surface area contributed by atoms with Crippen LogP contribution in [0.5, 0.6) is 0 Å². The lowest BCUT2D eigenvalue weighted by Crippen LogP contribution is -2.45. The summed E-state index contributed by atoms with van der Waals surface area (Å²) >= 11 is 0. The summed E-state index contributed by atoms with van der Waals surface area (Å²) in [7, 11) is 0. The van der Waals surface area contributed by atoms with Gasteiger partial charge in [-0.2, -0.15) is 0 Å². The van der Waals surface area contributed by atoms with Crippen molar-refractivity contribution in [3.63, 3.8) is 0 Å². The molecule has 0 bridgehead atoms. The molecule has 1 saturated heterocycles. The predicted molar refractivity (Wildman–Crippen MR) is 97.1 cm³/mol. The van der Waals surface area contributed by atoms with Gasteiger partial charge in [0, 0.05) is 37.9 Å². The molecule has 26 heavy (non-hydrogen) atoms. The van der Waals surface area contributed by atoms with Crippen molar-refractivity contribution in [1.82, 2.24) is 19.6 Å². The molecule has 0 aliphatic carbocycles. The zero-order valence-electron chi connectivity index (χ0n) is 14.4. The van der Waals surface area contributed by atoms with E-state index in [9.17, 15) is 4.79 Å². The molecular formula is C18H21N5O3. The number of benzene rings is 1. The summed E-state index contributed by atoms with van der Waals surface area (Å²) in [6.45, 7) is 4.63. The van der Waals surface area contributed by atoms with Gasteiger partial charge in [-0.25, -0.2) is 4.98 Å². The van der Waals surface area contributed by atoms with E-state index in [2.05, 4.69) is 19.9 Å². The van der Waals surface area contributed by atoms with E-state index in [1.54, 1.807) is 6.20 Å². The third kappa shape index (κ3) is 3.33. The van der Waals surface area contributed by atoms with E-state index in [-0.39, 0.29) is 18.7 Å². The first kappa shape index (κ1) is 16.7. The molecule has 0 spiro atoms. The van der Waals surface area contributed by atoms with E-state index in [1.165, 1.54) is 10.9 Å². The van der Waals surface area contributed by atoms with Crippen LogP contribution in [0.1, 0.15) is 5.76 Å². The fourth-order valence-corrected chi connectivity index (χ4v) is 3.32. The highest BCUT2D eigenvalue weighted by molar-refractivity contribution is 5.81. The quantitative estimate of drug-likeness (QED) is 0.721. The first-order valence-electron chi connectivity index (χ1n) is 8.71.